The number of halogens is 6. The number of piperidine rings is 1. The summed E-state index contributed by atoms with van der Waals surface area (Å²) in [6, 6.07) is 12.4. The Balaban J connectivity index is 0.000000349. The maximum atomic E-state index is 10.6. The predicted octanol–water partition coefficient (Wildman–Crippen LogP) is 4.70. The van der Waals surface area contributed by atoms with E-state index in [1.165, 1.54) is 5.56 Å². The first-order valence-electron chi connectivity index (χ1n) is 12.2. The number of aromatic nitrogens is 1. The van der Waals surface area contributed by atoms with Gasteiger partial charge in [-0.05, 0) is 42.2 Å². The standard InChI is InChI=1S/C22H28N2O3.2C2HF3O2/c1-25-20-6-4-18(5-7-20)15-24-11-8-22(9-12-24)13-21(17-27-22)26-16-19-3-2-10-23-14-19;2*3-2(4,5)1(6)7/h2-7,10,14,21H,8-9,11-13,15-17H2,1H3;2*(H,6,7). The lowest BCUT2D eigenvalue weighted by Gasteiger charge is -2.38. The third kappa shape index (κ3) is 11.9. The molecule has 2 fully saturated rings. The maximum Gasteiger partial charge on any atom is 0.490 e. The van der Waals surface area contributed by atoms with Gasteiger partial charge in [-0.2, -0.15) is 26.3 Å². The van der Waals surface area contributed by atoms with Crippen LogP contribution in [0, 0.1) is 0 Å². The summed E-state index contributed by atoms with van der Waals surface area (Å²) in [6.45, 7) is 4.45. The van der Waals surface area contributed by atoms with E-state index in [1.807, 2.05) is 24.4 Å². The molecule has 228 valence electrons. The summed E-state index contributed by atoms with van der Waals surface area (Å²) in [4.78, 5) is 24.4. The van der Waals surface area contributed by atoms with E-state index >= 15 is 0 Å². The summed E-state index contributed by atoms with van der Waals surface area (Å²) >= 11 is 0. The first-order chi connectivity index (χ1) is 19.1. The molecule has 1 unspecified atom stereocenters. The highest BCUT2D eigenvalue weighted by molar-refractivity contribution is 5.73. The van der Waals surface area contributed by atoms with Crippen molar-refractivity contribution in [3.63, 3.8) is 0 Å². The van der Waals surface area contributed by atoms with Crippen LogP contribution in [0.5, 0.6) is 5.75 Å². The summed E-state index contributed by atoms with van der Waals surface area (Å²) in [5, 5.41) is 14.2. The van der Waals surface area contributed by atoms with Gasteiger partial charge in [0.05, 0.1) is 32.0 Å². The third-order valence-corrected chi connectivity index (χ3v) is 6.20. The Morgan fingerprint density at radius 1 is 1.00 bits per heavy atom. The molecule has 2 aromatic rings. The number of alkyl halides is 6. The molecule has 2 saturated heterocycles. The number of ether oxygens (including phenoxy) is 3. The van der Waals surface area contributed by atoms with Crippen molar-refractivity contribution in [2.75, 3.05) is 26.8 Å². The quantitative estimate of drug-likeness (QED) is 0.458. The van der Waals surface area contributed by atoms with Gasteiger partial charge in [-0.3, -0.25) is 9.88 Å². The fourth-order valence-corrected chi connectivity index (χ4v) is 4.06. The van der Waals surface area contributed by atoms with Gasteiger partial charge in [0.2, 0.25) is 0 Å². The van der Waals surface area contributed by atoms with Crippen LogP contribution in [0.25, 0.3) is 0 Å². The normalized spacial score (nSPS) is 18.5. The third-order valence-electron chi connectivity index (χ3n) is 6.20. The molecule has 0 radical (unpaired) electrons. The molecular formula is C26H30F6N2O7. The van der Waals surface area contributed by atoms with Crippen LogP contribution < -0.4 is 4.74 Å². The molecule has 2 N–H and O–H groups in total. The molecule has 0 bridgehead atoms. The highest BCUT2D eigenvalue weighted by Gasteiger charge is 2.43. The molecule has 3 heterocycles. The van der Waals surface area contributed by atoms with E-state index in [0.717, 1.165) is 50.2 Å². The van der Waals surface area contributed by atoms with Crippen molar-refractivity contribution in [1.29, 1.82) is 0 Å². The van der Waals surface area contributed by atoms with Crippen molar-refractivity contribution in [3.8, 4) is 5.75 Å². The smallest absolute Gasteiger partial charge is 0.490 e. The number of hydrogen-bond donors (Lipinski definition) is 2. The second kappa shape index (κ2) is 15.0. The number of nitrogens with zero attached hydrogens (tertiary/aromatic N) is 2. The van der Waals surface area contributed by atoms with Crippen LogP contribution in [0.4, 0.5) is 26.3 Å². The second-order valence-corrected chi connectivity index (χ2v) is 9.22. The fraction of sp³-hybridized carbons (Fsp3) is 0.500. The highest BCUT2D eigenvalue weighted by Crippen LogP contribution is 2.37. The van der Waals surface area contributed by atoms with Gasteiger partial charge in [-0.15, -0.1) is 0 Å². The molecule has 1 aromatic heterocycles. The van der Waals surface area contributed by atoms with Crippen LogP contribution in [0.3, 0.4) is 0 Å². The van der Waals surface area contributed by atoms with E-state index in [2.05, 4.69) is 28.1 Å². The predicted molar refractivity (Wildman–Crippen MR) is 131 cm³/mol. The van der Waals surface area contributed by atoms with Crippen molar-refractivity contribution < 1.29 is 60.4 Å². The SMILES string of the molecule is COc1ccc(CN2CCC3(CC2)CC(OCc2cccnc2)CO3)cc1.O=C(O)C(F)(F)F.O=C(O)C(F)(F)F. The Labute approximate surface area is 231 Å². The number of carboxylic acids is 2. The molecule has 0 aliphatic carbocycles. The molecule has 41 heavy (non-hydrogen) atoms. The summed E-state index contributed by atoms with van der Waals surface area (Å²) < 4.78 is 81.0. The minimum atomic E-state index is -5.08. The molecular weight excluding hydrogens is 566 g/mol. The number of hydrogen-bond acceptors (Lipinski definition) is 7. The highest BCUT2D eigenvalue weighted by atomic mass is 19.4. The largest absolute Gasteiger partial charge is 0.497 e. The Morgan fingerprint density at radius 3 is 2.02 bits per heavy atom. The summed E-state index contributed by atoms with van der Waals surface area (Å²) in [6.07, 6.45) is -3.16. The molecule has 15 heteroatoms. The van der Waals surface area contributed by atoms with Crippen molar-refractivity contribution >= 4 is 11.9 Å². The van der Waals surface area contributed by atoms with Gasteiger partial charge in [0.25, 0.3) is 0 Å². The van der Waals surface area contributed by atoms with Gasteiger partial charge >= 0.3 is 24.3 Å². The zero-order valence-electron chi connectivity index (χ0n) is 22.0. The van der Waals surface area contributed by atoms with Gasteiger partial charge < -0.3 is 24.4 Å². The monoisotopic (exact) mass is 596 g/mol. The number of aliphatic carboxylic acids is 2. The van der Waals surface area contributed by atoms with E-state index in [0.29, 0.717) is 13.2 Å². The topological polar surface area (TPSA) is 118 Å². The zero-order chi connectivity index (χ0) is 30.7. The second-order valence-electron chi connectivity index (χ2n) is 9.22. The van der Waals surface area contributed by atoms with Crippen LogP contribution in [0.15, 0.2) is 48.8 Å². The van der Waals surface area contributed by atoms with Gasteiger partial charge in [-0.1, -0.05) is 18.2 Å². The molecule has 4 rings (SSSR count). The van der Waals surface area contributed by atoms with E-state index in [4.69, 9.17) is 34.0 Å². The molecule has 1 aromatic carbocycles. The Morgan fingerprint density at radius 2 is 1.56 bits per heavy atom. The van der Waals surface area contributed by atoms with Crippen molar-refractivity contribution in [3.05, 3.63) is 59.9 Å². The summed E-state index contributed by atoms with van der Waals surface area (Å²) in [5.74, 6) is -4.60. The number of rotatable bonds is 6. The summed E-state index contributed by atoms with van der Waals surface area (Å²) in [7, 11) is 1.70. The number of carboxylic acid groups (broad SMARTS) is 2. The van der Waals surface area contributed by atoms with Crippen LogP contribution >= 0.6 is 0 Å². The van der Waals surface area contributed by atoms with Gasteiger partial charge in [-0.25, -0.2) is 9.59 Å². The van der Waals surface area contributed by atoms with Crippen LogP contribution in [0.1, 0.15) is 30.4 Å². The van der Waals surface area contributed by atoms with Crippen molar-refractivity contribution in [2.45, 2.75) is 56.5 Å². The zero-order valence-corrected chi connectivity index (χ0v) is 22.0. The average Bonchev–Trinajstić information content (AvgIpc) is 3.32. The van der Waals surface area contributed by atoms with Gasteiger partial charge in [0.1, 0.15) is 5.75 Å². The van der Waals surface area contributed by atoms with Crippen molar-refractivity contribution in [1.82, 2.24) is 9.88 Å². The Kier molecular flexibility index (Phi) is 12.3. The number of likely N-dealkylation sites (tertiary alicyclic amines) is 1. The van der Waals surface area contributed by atoms with E-state index in [-0.39, 0.29) is 11.7 Å². The molecule has 1 atom stereocenters. The van der Waals surface area contributed by atoms with Gasteiger partial charge in [0, 0.05) is 38.4 Å². The lowest BCUT2D eigenvalue weighted by Crippen LogP contribution is -2.43. The summed E-state index contributed by atoms with van der Waals surface area (Å²) in [5.41, 5.74) is 2.46. The lowest BCUT2D eigenvalue weighted by atomic mass is 9.88. The fourth-order valence-electron chi connectivity index (χ4n) is 4.06. The Hall–Kier alpha value is -3.43. The number of carbonyl (C=O) groups is 2. The van der Waals surface area contributed by atoms with Crippen LogP contribution in [-0.4, -0.2) is 82.9 Å². The van der Waals surface area contributed by atoms with E-state index < -0.39 is 24.3 Å². The molecule has 9 nitrogen and oxygen atoms in total. The number of methoxy groups -OCH3 is 1. The minimum Gasteiger partial charge on any atom is -0.497 e. The molecule has 2 aliphatic heterocycles. The average molecular weight is 597 g/mol. The van der Waals surface area contributed by atoms with E-state index in [9.17, 15) is 26.3 Å². The maximum absolute atomic E-state index is 10.6. The molecule has 0 saturated carbocycles. The molecule has 0 amide bonds. The van der Waals surface area contributed by atoms with E-state index in [1.54, 1.807) is 13.3 Å². The first-order valence-corrected chi connectivity index (χ1v) is 12.2. The molecule has 2 aliphatic rings. The number of pyridine rings is 1. The number of benzene rings is 1. The minimum absolute atomic E-state index is 0.00993. The molecule has 1 spiro atoms. The van der Waals surface area contributed by atoms with Crippen LogP contribution in [-0.2, 0) is 32.2 Å². The van der Waals surface area contributed by atoms with Crippen molar-refractivity contribution in [2.24, 2.45) is 0 Å². The van der Waals surface area contributed by atoms with Crippen LogP contribution in [0.2, 0.25) is 0 Å². The van der Waals surface area contributed by atoms with Gasteiger partial charge in [0.15, 0.2) is 0 Å². The lowest BCUT2D eigenvalue weighted by molar-refractivity contribution is -0.193. The first kappa shape index (κ1) is 33.8. The Bertz CT molecular complexity index is 1070.